The molecule has 7 aromatic rings. The first-order valence-electron chi connectivity index (χ1n) is 21.3. The van der Waals surface area contributed by atoms with E-state index in [0.717, 1.165) is 57.1 Å². The molecule has 10 rings (SSSR count). The zero-order chi connectivity index (χ0) is 43.3. The summed E-state index contributed by atoms with van der Waals surface area (Å²) in [6.07, 6.45) is 0. The van der Waals surface area contributed by atoms with E-state index < -0.39 is 5.41 Å². The summed E-state index contributed by atoms with van der Waals surface area (Å²) in [6.45, 7) is 14.4. The van der Waals surface area contributed by atoms with Crippen LogP contribution in [0.5, 0.6) is 23.0 Å². The Kier molecular flexibility index (Phi) is 8.93. The molecule has 62 heavy (non-hydrogen) atoms. The van der Waals surface area contributed by atoms with Crippen LogP contribution in [-0.4, -0.2) is 28.4 Å². The molecule has 3 aliphatic heterocycles. The minimum Gasteiger partial charge on any atom is -0.497 e. The van der Waals surface area contributed by atoms with Gasteiger partial charge >= 0.3 is 0 Å². The van der Waals surface area contributed by atoms with Crippen LogP contribution < -0.4 is 33.6 Å². The standard InChI is InChI=1S/C55H53N3O4/c1-53(2)44-12-11-13-45-50(44)58-51-46(53)30-38(56(34-14-22-40(59-7)23-15-34)35-16-24-41(60-8)25-17-35)32-48(51)55(5,6)49-33-39(31-47(52(49)58)54(45,3)4)57(36-18-26-42(61-9)27-19-36)37-20-28-43(62-10)29-21-37/h11-33H,1-10H3. The summed E-state index contributed by atoms with van der Waals surface area (Å²) in [7, 11) is 6.84. The molecule has 3 aliphatic rings. The Morgan fingerprint density at radius 2 is 0.565 bits per heavy atom. The third-order valence-electron chi connectivity index (χ3n) is 13.8. The van der Waals surface area contributed by atoms with Crippen LogP contribution >= 0.6 is 0 Å². The van der Waals surface area contributed by atoms with Crippen molar-refractivity contribution in [2.45, 2.75) is 57.8 Å². The maximum atomic E-state index is 5.62. The van der Waals surface area contributed by atoms with Crippen LogP contribution in [-0.2, 0) is 16.2 Å². The summed E-state index contributed by atoms with van der Waals surface area (Å²) in [6, 6.07) is 50.1. The van der Waals surface area contributed by atoms with Gasteiger partial charge in [0.1, 0.15) is 23.0 Å². The average Bonchev–Trinajstić information content (AvgIpc) is 3.29. The van der Waals surface area contributed by atoms with Crippen molar-refractivity contribution < 1.29 is 18.9 Å². The van der Waals surface area contributed by atoms with Gasteiger partial charge in [-0.15, -0.1) is 0 Å². The lowest BCUT2D eigenvalue weighted by atomic mass is 9.60. The van der Waals surface area contributed by atoms with Crippen LogP contribution in [0.3, 0.4) is 0 Å². The SMILES string of the molecule is COc1ccc(N(c2ccc(OC)cc2)c2cc3c4c(c2)C(C)(C)c2cc(N(c5ccc(OC)cc5)c5ccc(OC)cc5)cc5c2N4c2c(cccc2C5(C)C)C3(C)C)cc1. The topological polar surface area (TPSA) is 46.6 Å². The van der Waals surface area contributed by atoms with Gasteiger partial charge < -0.3 is 33.6 Å². The van der Waals surface area contributed by atoms with E-state index in [1.807, 2.05) is 48.5 Å². The first-order valence-corrected chi connectivity index (χ1v) is 21.3. The molecule has 0 aromatic heterocycles. The maximum absolute atomic E-state index is 5.62. The second-order valence-electron chi connectivity index (χ2n) is 18.2. The van der Waals surface area contributed by atoms with Crippen molar-refractivity contribution in [3.05, 3.63) is 173 Å². The highest BCUT2D eigenvalue weighted by Crippen LogP contribution is 2.67. The predicted molar refractivity (Wildman–Crippen MR) is 253 cm³/mol. The fourth-order valence-electron chi connectivity index (χ4n) is 10.3. The Hall–Kier alpha value is -6.86. The molecule has 0 bridgehead atoms. The minimum absolute atomic E-state index is 0.311. The highest BCUT2D eigenvalue weighted by Gasteiger charge is 2.52. The fraction of sp³-hybridized carbons (Fsp3) is 0.236. The van der Waals surface area contributed by atoms with E-state index in [0.29, 0.717) is 0 Å². The molecule has 7 aromatic carbocycles. The summed E-state index contributed by atoms with van der Waals surface area (Å²) in [5, 5.41) is 0. The number of rotatable bonds is 10. The summed E-state index contributed by atoms with van der Waals surface area (Å²) < 4.78 is 22.5. The van der Waals surface area contributed by atoms with E-state index in [1.165, 1.54) is 50.4 Å². The molecule has 0 spiro atoms. The highest BCUT2D eigenvalue weighted by molar-refractivity contribution is 6.00. The van der Waals surface area contributed by atoms with Crippen LogP contribution in [0.1, 0.15) is 74.9 Å². The Morgan fingerprint density at radius 1 is 0.323 bits per heavy atom. The van der Waals surface area contributed by atoms with Crippen molar-refractivity contribution in [3.8, 4) is 23.0 Å². The van der Waals surface area contributed by atoms with Crippen LogP contribution in [0.25, 0.3) is 0 Å². The third-order valence-corrected chi connectivity index (χ3v) is 13.8. The second-order valence-corrected chi connectivity index (χ2v) is 18.2. The quantitative estimate of drug-likeness (QED) is 0.136. The minimum atomic E-state index is -0.427. The van der Waals surface area contributed by atoms with Gasteiger partial charge in [0.05, 0.1) is 45.5 Å². The van der Waals surface area contributed by atoms with Crippen molar-refractivity contribution >= 4 is 51.2 Å². The Bertz CT molecular complexity index is 2580. The molecule has 0 radical (unpaired) electrons. The molecule has 0 unspecified atom stereocenters. The van der Waals surface area contributed by atoms with E-state index >= 15 is 0 Å². The number of para-hydroxylation sites is 1. The molecule has 7 nitrogen and oxygen atoms in total. The normalized spacial score (nSPS) is 15.3. The summed E-state index contributed by atoms with van der Waals surface area (Å²) in [5.74, 6) is 3.25. The van der Waals surface area contributed by atoms with E-state index in [4.69, 9.17) is 18.9 Å². The largest absolute Gasteiger partial charge is 0.497 e. The lowest BCUT2D eigenvalue weighted by Crippen LogP contribution is -2.43. The van der Waals surface area contributed by atoms with Crippen LogP contribution in [0.15, 0.2) is 140 Å². The Morgan fingerprint density at radius 3 is 0.823 bits per heavy atom. The van der Waals surface area contributed by atoms with Gasteiger partial charge in [-0.25, -0.2) is 0 Å². The fourth-order valence-corrected chi connectivity index (χ4v) is 10.3. The molecule has 0 amide bonds. The smallest absolute Gasteiger partial charge is 0.119 e. The van der Waals surface area contributed by atoms with Crippen LogP contribution in [0.4, 0.5) is 51.2 Å². The van der Waals surface area contributed by atoms with Crippen LogP contribution in [0, 0.1) is 0 Å². The van der Waals surface area contributed by atoms with Crippen molar-refractivity contribution in [1.29, 1.82) is 0 Å². The molecule has 0 fully saturated rings. The molecule has 7 heteroatoms. The number of methoxy groups -OCH3 is 4. The number of hydrogen-bond donors (Lipinski definition) is 0. The molecule has 0 aliphatic carbocycles. The van der Waals surface area contributed by atoms with Crippen molar-refractivity contribution in [2.24, 2.45) is 0 Å². The predicted octanol–water partition coefficient (Wildman–Crippen LogP) is 14.0. The zero-order valence-corrected chi connectivity index (χ0v) is 37.3. The van der Waals surface area contributed by atoms with Gasteiger partial charge in [0.25, 0.3) is 0 Å². The van der Waals surface area contributed by atoms with Gasteiger partial charge in [-0.3, -0.25) is 0 Å². The second kappa shape index (κ2) is 14.1. The Labute approximate surface area is 365 Å². The number of anilines is 9. The van der Waals surface area contributed by atoms with Gasteiger partial charge in [0.2, 0.25) is 0 Å². The van der Waals surface area contributed by atoms with Gasteiger partial charge in [0.15, 0.2) is 0 Å². The molecular weight excluding hydrogens is 767 g/mol. The van der Waals surface area contributed by atoms with Crippen LogP contribution in [0.2, 0.25) is 0 Å². The summed E-state index contributed by atoms with van der Waals surface area (Å²) in [4.78, 5) is 7.35. The number of ether oxygens (including phenoxy) is 4. The highest BCUT2D eigenvalue weighted by atomic mass is 16.5. The van der Waals surface area contributed by atoms with E-state index in [1.54, 1.807) is 28.4 Å². The van der Waals surface area contributed by atoms with Crippen molar-refractivity contribution in [3.63, 3.8) is 0 Å². The summed E-state index contributed by atoms with van der Waals surface area (Å²) in [5.41, 5.74) is 17.0. The van der Waals surface area contributed by atoms with Gasteiger partial charge in [-0.1, -0.05) is 59.7 Å². The molecule has 0 N–H and O–H groups in total. The lowest BCUT2D eigenvalue weighted by molar-refractivity contribution is 0.414. The first kappa shape index (κ1) is 39.3. The molecule has 0 saturated carbocycles. The molecule has 312 valence electrons. The molecule has 3 heterocycles. The Balaban J connectivity index is 1.27. The van der Waals surface area contributed by atoms with Crippen molar-refractivity contribution in [1.82, 2.24) is 0 Å². The maximum Gasteiger partial charge on any atom is 0.119 e. The summed E-state index contributed by atoms with van der Waals surface area (Å²) >= 11 is 0. The van der Waals surface area contributed by atoms with Crippen molar-refractivity contribution in [2.75, 3.05) is 43.1 Å². The van der Waals surface area contributed by atoms with E-state index in [-0.39, 0.29) is 10.8 Å². The van der Waals surface area contributed by atoms with Gasteiger partial charge in [-0.2, -0.15) is 0 Å². The van der Waals surface area contributed by atoms with E-state index in [9.17, 15) is 0 Å². The number of hydrogen-bond acceptors (Lipinski definition) is 7. The monoisotopic (exact) mass is 819 g/mol. The first-order chi connectivity index (χ1) is 29.8. The molecular formula is C55H53N3O4. The third kappa shape index (κ3) is 5.70. The average molecular weight is 820 g/mol. The molecule has 0 saturated heterocycles. The zero-order valence-electron chi connectivity index (χ0n) is 37.3. The number of benzene rings is 7. The molecule has 0 atom stereocenters. The van der Waals surface area contributed by atoms with Gasteiger partial charge in [-0.05, 0) is 155 Å². The lowest BCUT2D eigenvalue weighted by Gasteiger charge is -2.55. The van der Waals surface area contributed by atoms with E-state index in [2.05, 4.69) is 147 Å². The van der Waals surface area contributed by atoms with Gasteiger partial charge in [0, 0.05) is 50.4 Å². The number of nitrogens with zero attached hydrogens (tertiary/aromatic N) is 3.